The van der Waals surface area contributed by atoms with Gasteiger partial charge in [-0.05, 0) is 48.4 Å². The number of benzene rings is 2. The van der Waals surface area contributed by atoms with Crippen molar-refractivity contribution in [2.24, 2.45) is 0 Å². The van der Waals surface area contributed by atoms with Gasteiger partial charge in [-0.25, -0.2) is 0 Å². The maximum atomic E-state index is 12.0. The van der Waals surface area contributed by atoms with Gasteiger partial charge in [0.25, 0.3) is 5.56 Å². The molecule has 1 aromatic heterocycles. The van der Waals surface area contributed by atoms with E-state index in [1.807, 2.05) is 60.7 Å². The highest BCUT2D eigenvalue weighted by Crippen LogP contribution is 2.28. The van der Waals surface area contributed by atoms with E-state index in [-0.39, 0.29) is 22.5 Å². The van der Waals surface area contributed by atoms with Gasteiger partial charge in [0.1, 0.15) is 16.5 Å². The SMILES string of the molecule is O=C1CC[C@H](/C=C(\c2ccc(Oc3ccccc3)cc2)c2ccc(Cl)c(=O)[nH]2)N1. The Balaban J connectivity index is 1.67. The molecule has 0 aliphatic carbocycles. The average molecular weight is 407 g/mol. The maximum absolute atomic E-state index is 12.0. The minimum atomic E-state index is -0.352. The molecule has 6 heteroatoms. The van der Waals surface area contributed by atoms with E-state index in [0.29, 0.717) is 17.9 Å². The summed E-state index contributed by atoms with van der Waals surface area (Å²) in [5, 5.41) is 3.07. The Labute approximate surface area is 173 Å². The van der Waals surface area contributed by atoms with Crippen LogP contribution in [0.4, 0.5) is 0 Å². The molecule has 0 bridgehead atoms. The quantitative estimate of drug-likeness (QED) is 0.653. The fraction of sp³-hybridized carbons (Fsp3) is 0.130. The van der Waals surface area contributed by atoms with Crippen molar-refractivity contribution in [1.82, 2.24) is 10.3 Å². The summed E-state index contributed by atoms with van der Waals surface area (Å²) < 4.78 is 5.85. The van der Waals surface area contributed by atoms with Gasteiger partial charge in [0.2, 0.25) is 5.91 Å². The Morgan fingerprint density at radius 2 is 1.69 bits per heavy atom. The molecule has 1 aliphatic rings. The molecule has 1 aliphatic heterocycles. The minimum Gasteiger partial charge on any atom is -0.457 e. The van der Waals surface area contributed by atoms with E-state index in [0.717, 1.165) is 23.3 Å². The Morgan fingerprint density at radius 1 is 0.966 bits per heavy atom. The molecule has 2 heterocycles. The molecule has 0 radical (unpaired) electrons. The average Bonchev–Trinajstić information content (AvgIpc) is 3.15. The molecule has 1 saturated heterocycles. The number of aromatic nitrogens is 1. The smallest absolute Gasteiger partial charge is 0.267 e. The van der Waals surface area contributed by atoms with Crippen LogP contribution in [-0.4, -0.2) is 16.9 Å². The monoisotopic (exact) mass is 406 g/mol. The Hall–Kier alpha value is -3.31. The molecule has 0 unspecified atom stereocenters. The van der Waals surface area contributed by atoms with Crippen LogP contribution in [0.5, 0.6) is 11.5 Å². The van der Waals surface area contributed by atoms with Crippen LogP contribution in [0.1, 0.15) is 24.1 Å². The molecule has 1 amide bonds. The predicted octanol–water partition coefficient (Wildman–Crippen LogP) is 4.53. The van der Waals surface area contributed by atoms with E-state index < -0.39 is 0 Å². The van der Waals surface area contributed by atoms with Crippen molar-refractivity contribution in [3.05, 3.63) is 99.4 Å². The summed E-state index contributed by atoms with van der Waals surface area (Å²) in [6, 6.07) is 20.4. The predicted molar refractivity (Wildman–Crippen MR) is 113 cm³/mol. The van der Waals surface area contributed by atoms with Crippen LogP contribution in [-0.2, 0) is 4.79 Å². The van der Waals surface area contributed by atoms with E-state index in [9.17, 15) is 9.59 Å². The fourth-order valence-corrected chi connectivity index (χ4v) is 3.36. The van der Waals surface area contributed by atoms with Crippen molar-refractivity contribution >= 4 is 23.1 Å². The lowest BCUT2D eigenvalue weighted by Gasteiger charge is -2.13. The summed E-state index contributed by atoms with van der Waals surface area (Å²) in [5.41, 5.74) is 1.99. The molecule has 1 fully saturated rings. The number of ether oxygens (including phenoxy) is 1. The number of para-hydroxylation sites is 1. The van der Waals surface area contributed by atoms with Crippen LogP contribution in [0.25, 0.3) is 5.57 Å². The van der Waals surface area contributed by atoms with Crippen LogP contribution in [0.15, 0.2) is 77.6 Å². The first kappa shape index (κ1) is 19.0. The Kier molecular flexibility index (Phi) is 5.49. The van der Waals surface area contributed by atoms with Gasteiger partial charge in [-0.1, -0.05) is 48.0 Å². The highest BCUT2D eigenvalue weighted by atomic mass is 35.5. The number of H-pyrrole nitrogens is 1. The molecule has 146 valence electrons. The van der Waals surface area contributed by atoms with Crippen LogP contribution in [0.3, 0.4) is 0 Å². The molecule has 5 nitrogen and oxygen atoms in total. The molecule has 0 spiro atoms. The van der Waals surface area contributed by atoms with Crippen molar-refractivity contribution in [3.8, 4) is 11.5 Å². The summed E-state index contributed by atoms with van der Waals surface area (Å²) in [7, 11) is 0. The molecule has 0 saturated carbocycles. The number of rotatable bonds is 5. The van der Waals surface area contributed by atoms with E-state index in [1.165, 1.54) is 0 Å². The number of hydrogen-bond donors (Lipinski definition) is 2. The number of halogens is 1. The number of nitrogens with one attached hydrogen (secondary N) is 2. The molecule has 3 aromatic rings. The highest BCUT2D eigenvalue weighted by Gasteiger charge is 2.20. The summed E-state index contributed by atoms with van der Waals surface area (Å²) >= 11 is 5.88. The highest BCUT2D eigenvalue weighted by molar-refractivity contribution is 6.30. The van der Waals surface area contributed by atoms with Gasteiger partial charge in [-0.15, -0.1) is 0 Å². The van der Waals surface area contributed by atoms with Gasteiger partial charge >= 0.3 is 0 Å². The second-order valence-electron chi connectivity index (χ2n) is 6.78. The lowest BCUT2D eigenvalue weighted by molar-refractivity contribution is -0.119. The van der Waals surface area contributed by atoms with Gasteiger partial charge in [0.05, 0.1) is 0 Å². The number of hydrogen-bond acceptors (Lipinski definition) is 3. The van der Waals surface area contributed by atoms with E-state index in [1.54, 1.807) is 12.1 Å². The van der Waals surface area contributed by atoms with Gasteiger partial charge in [0.15, 0.2) is 0 Å². The van der Waals surface area contributed by atoms with Gasteiger partial charge in [-0.3, -0.25) is 9.59 Å². The molecule has 2 N–H and O–H groups in total. The van der Waals surface area contributed by atoms with Crippen molar-refractivity contribution < 1.29 is 9.53 Å². The van der Waals surface area contributed by atoms with Crippen LogP contribution >= 0.6 is 11.6 Å². The van der Waals surface area contributed by atoms with Gasteiger partial charge in [-0.2, -0.15) is 0 Å². The van der Waals surface area contributed by atoms with Crippen molar-refractivity contribution in [2.75, 3.05) is 0 Å². The summed E-state index contributed by atoms with van der Waals surface area (Å²) in [5.74, 6) is 1.49. The molecule has 29 heavy (non-hydrogen) atoms. The van der Waals surface area contributed by atoms with Crippen LogP contribution in [0, 0.1) is 0 Å². The zero-order chi connectivity index (χ0) is 20.2. The number of pyridine rings is 1. The summed E-state index contributed by atoms with van der Waals surface area (Å²) in [4.78, 5) is 26.4. The second kappa shape index (κ2) is 8.37. The zero-order valence-electron chi connectivity index (χ0n) is 15.5. The first-order chi connectivity index (χ1) is 14.1. The molecular weight excluding hydrogens is 388 g/mol. The number of amides is 1. The third-order valence-corrected chi connectivity index (χ3v) is 4.99. The third-order valence-electron chi connectivity index (χ3n) is 4.69. The topological polar surface area (TPSA) is 71.2 Å². The molecule has 4 rings (SSSR count). The lowest BCUT2D eigenvalue weighted by Crippen LogP contribution is -2.23. The summed E-state index contributed by atoms with van der Waals surface area (Å²) in [6.45, 7) is 0. The maximum Gasteiger partial charge on any atom is 0.267 e. The van der Waals surface area contributed by atoms with Gasteiger partial charge < -0.3 is 15.0 Å². The summed E-state index contributed by atoms with van der Waals surface area (Å²) in [6.07, 6.45) is 3.18. The minimum absolute atomic E-state index is 0.0295. The number of aromatic amines is 1. The third kappa shape index (κ3) is 4.58. The van der Waals surface area contributed by atoms with Crippen molar-refractivity contribution in [2.45, 2.75) is 18.9 Å². The van der Waals surface area contributed by atoms with Gasteiger partial charge in [0, 0.05) is 23.7 Å². The zero-order valence-corrected chi connectivity index (χ0v) is 16.3. The number of carbonyl (C=O) groups excluding carboxylic acids is 1. The Bertz CT molecular complexity index is 1100. The lowest BCUT2D eigenvalue weighted by atomic mass is 9.99. The first-order valence-electron chi connectivity index (χ1n) is 9.32. The van der Waals surface area contributed by atoms with E-state index in [2.05, 4.69) is 10.3 Å². The van der Waals surface area contributed by atoms with Crippen LogP contribution in [0.2, 0.25) is 5.02 Å². The second-order valence-corrected chi connectivity index (χ2v) is 7.19. The first-order valence-corrected chi connectivity index (χ1v) is 9.70. The van der Waals surface area contributed by atoms with Crippen molar-refractivity contribution in [1.29, 1.82) is 0 Å². The van der Waals surface area contributed by atoms with Crippen molar-refractivity contribution in [3.63, 3.8) is 0 Å². The normalized spacial score (nSPS) is 16.5. The molecule has 1 atom stereocenters. The fourth-order valence-electron chi connectivity index (χ4n) is 3.25. The molecule has 2 aromatic carbocycles. The standard InChI is InChI=1S/C23H19ClN2O3/c24-20-11-12-21(26-23(20)28)19(14-16-8-13-22(27)25-16)15-6-9-18(10-7-15)29-17-4-2-1-3-5-17/h1-7,9-12,14,16H,8,13H2,(H,25,27)(H,26,28)/b19-14+/t16-/m1/s1. The number of carbonyl (C=O) groups is 1. The Morgan fingerprint density at radius 3 is 2.34 bits per heavy atom. The largest absolute Gasteiger partial charge is 0.457 e. The van der Waals surface area contributed by atoms with E-state index in [4.69, 9.17) is 16.3 Å². The van der Waals surface area contributed by atoms with Crippen LogP contribution < -0.4 is 15.6 Å². The van der Waals surface area contributed by atoms with E-state index >= 15 is 0 Å². The molecular formula is C23H19ClN2O3.